The van der Waals surface area contributed by atoms with Crippen molar-refractivity contribution in [3.63, 3.8) is 0 Å². The monoisotopic (exact) mass is 893 g/mol. The fourth-order valence-electron chi connectivity index (χ4n) is 7.31. The minimum absolute atomic E-state index is 0.328. The number of benzene rings is 3. The van der Waals surface area contributed by atoms with E-state index in [4.69, 9.17) is 4.74 Å². The van der Waals surface area contributed by atoms with Crippen molar-refractivity contribution in [1.29, 1.82) is 0 Å². The quantitative estimate of drug-likeness (QED) is 0.0593. The first kappa shape index (κ1) is 53.0. The van der Waals surface area contributed by atoms with E-state index in [9.17, 15) is 16.8 Å². The first-order valence-electron chi connectivity index (χ1n) is 22.7. The first-order chi connectivity index (χ1) is 29.9. The molecule has 5 nitrogen and oxygen atoms in total. The van der Waals surface area contributed by atoms with Crippen molar-refractivity contribution in [1.82, 2.24) is 0 Å². The molecule has 0 aromatic heterocycles. The molecule has 0 saturated carbocycles. The third kappa shape index (κ3) is 20.0. The van der Waals surface area contributed by atoms with Gasteiger partial charge in [0.05, 0.1) is 33.5 Å². The van der Waals surface area contributed by atoms with E-state index in [2.05, 4.69) is 70.2 Å². The normalized spacial score (nSPS) is 14.8. The number of hydrogen-bond donors (Lipinski definition) is 0. The molecule has 0 spiro atoms. The summed E-state index contributed by atoms with van der Waals surface area (Å²) < 4.78 is 62.4. The Morgan fingerprint density at radius 2 is 0.857 bits per heavy atom. The lowest BCUT2D eigenvalue weighted by molar-refractivity contribution is 0.148. The zero-order valence-corrected chi connectivity index (χ0v) is 41.7. The smallest absolute Gasteiger partial charge is 0.185 e. The lowest BCUT2D eigenvalue weighted by atomic mass is 10.0. The van der Waals surface area contributed by atoms with Crippen molar-refractivity contribution < 1.29 is 21.6 Å². The SMILES string of the molecule is CC(C)=CCC/C(C)=C/CC/C(C)=C/C(C/C(C)=C\CC/C(C)=C\C(C/C(C)=C\CC/C(C)=C\COCc1ccccc1)S(=O)(=O)c1ccc(C)cc1)S(=O)(=O)c1ccc(C)cc1. The lowest BCUT2D eigenvalue weighted by Crippen LogP contribution is -2.20. The van der Waals surface area contributed by atoms with Gasteiger partial charge < -0.3 is 4.74 Å². The van der Waals surface area contributed by atoms with Crippen LogP contribution in [0.2, 0.25) is 0 Å². The van der Waals surface area contributed by atoms with E-state index in [1.54, 1.807) is 24.3 Å². The number of sulfone groups is 2. The van der Waals surface area contributed by atoms with Gasteiger partial charge in [-0.2, -0.15) is 0 Å². The van der Waals surface area contributed by atoms with Crippen molar-refractivity contribution in [2.24, 2.45) is 0 Å². The molecule has 0 amide bonds. The Bertz CT molecular complexity index is 2310. The van der Waals surface area contributed by atoms with Gasteiger partial charge in [-0.05, 0) is 163 Å². The molecule has 3 aromatic rings. The summed E-state index contributed by atoms with van der Waals surface area (Å²) in [6.45, 7) is 21.6. The van der Waals surface area contributed by atoms with Crippen LogP contribution in [0.3, 0.4) is 0 Å². The molecule has 2 atom stereocenters. The van der Waals surface area contributed by atoms with Crippen molar-refractivity contribution in [2.45, 2.75) is 160 Å². The second-order valence-corrected chi connectivity index (χ2v) is 22.2. The van der Waals surface area contributed by atoms with Gasteiger partial charge in [-0.15, -0.1) is 0 Å². The molecular weight excluding hydrogens is 817 g/mol. The zero-order valence-electron chi connectivity index (χ0n) is 40.0. The molecule has 342 valence electrons. The summed E-state index contributed by atoms with van der Waals surface area (Å²) in [5.74, 6) is 0. The molecule has 0 bridgehead atoms. The summed E-state index contributed by atoms with van der Waals surface area (Å²) in [6.07, 6.45) is 22.4. The Morgan fingerprint density at radius 3 is 1.29 bits per heavy atom. The minimum Gasteiger partial charge on any atom is -0.373 e. The summed E-state index contributed by atoms with van der Waals surface area (Å²) in [5, 5.41) is -1.40. The van der Waals surface area contributed by atoms with Gasteiger partial charge in [0.1, 0.15) is 0 Å². The second-order valence-electron chi connectivity index (χ2n) is 17.9. The van der Waals surface area contributed by atoms with Crippen molar-refractivity contribution >= 4 is 19.7 Å². The van der Waals surface area contributed by atoms with Gasteiger partial charge in [-0.1, -0.05) is 147 Å². The van der Waals surface area contributed by atoms with Crippen LogP contribution in [-0.4, -0.2) is 33.9 Å². The van der Waals surface area contributed by atoms with Crippen LogP contribution in [0.25, 0.3) is 0 Å². The Labute approximate surface area is 383 Å². The molecule has 0 radical (unpaired) electrons. The van der Waals surface area contributed by atoms with Crippen molar-refractivity contribution in [3.8, 4) is 0 Å². The summed E-state index contributed by atoms with van der Waals surface area (Å²) in [4.78, 5) is 0.666. The minimum atomic E-state index is -3.66. The highest BCUT2D eigenvalue weighted by molar-refractivity contribution is 7.92. The van der Waals surface area contributed by atoms with Gasteiger partial charge in [-0.25, -0.2) is 16.8 Å². The fourth-order valence-corrected chi connectivity index (χ4v) is 10.8. The lowest BCUT2D eigenvalue weighted by Gasteiger charge is -2.17. The molecule has 0 aliphatic heterocycles. The summed E-state index contributed by atoms with van der Waals surface area (Å²) in [6, 6.07) is 24.4. The van der Waals surface area contributed by atoms with Crippen LogP contribution < -0.4 is 0 Å². The van der Waals surface area contributed by atoms with E-state index in [0.29, 0.717) is 48.7 Å². The van der Waals surface area contributed by atoms with E-state index in [0.717, 1.165) is 77.5 Å². The third-order valence-corrected chi connectivity index (χ3v) is 15.4. The van der Waals surface area contributed by atoms with Gasteiger partial charge in [0, 0.05) is 0 Å². The average Bonchev–Trinajstić information content (AvgIpc) is 3.22. The number of allylic oxidation sites excluding steroid dienone is 11. The predicted octanol–water partition coefficient (Wildman–Crippen LogP) is 15.1. The second kappa shape index (κ2) is 27.1. The highest BCUT2D eigenvalue weighted by atomic mass is 32.2. The zero-order chi connectivity index (χ0) is 46.4. The standard InChI is InChI=1S/C56H76O5S2/c1-43(2)18-14-19-44(3)20-15-22-48(7)38-55(62(57,58)53-32-28-46(5)29-33-53)40-50(9)24-17-25-51(10)41-56(63(59,60)54-34-30-47(6)31-35-54)39-49(8)23-16-21-45(4)36-37-61-42-52-26-12-11-13-27-52/h11-13,18,20,23-24,26-36,38,41,55-56H,14-17,19,21-22,25,37,39-40,42H2,1-10H3/b44-20+,45-36-,48-38+,49-23-,50-24-,51-41-. The number of ether oxygens (including phenoxy) is 1. The number of hydrogen-bond acceptors (Lipinski definition) is 5. The maximum atomic E-state index is 14.2. The van der Waals surface area contributed by atoms with E-state index < -0.39 is 30.2 Å². The van der Waals surface area contributed by atoms with Gasteiger partial charge in [-0.3, -0.25) is 0 Å². The van der Waals surface area contributed by atoms with E-state index in [1.807, 2.05) is 96.2 Å². The Balaban J connectivity index is 1.74. The molecule has 0 saturated heterocycles. The third-order valence-electron chi connectivity index (χ3n) is 11.3. The number of aryl methyl sites for hydroxylation is 2. The average molecular weight is 893 g/mol. The highest BCUT2D eigenvalue weighted by Crippen LogP contribution is 2.28. The van der Waals surface area contributed by atoms with Crippen LogP contribution in [0.4, 0.5) is 0 Å². The highest BCUT2D eigenvalue weighted by Gasteiger charge is 2.27. The van der Waals surface area contributed by atoms with E-state index >= 15 is 0 Å². The maximum absolute atomic E-state index is 14.2. The van der Waals surface area contributed by atoms with Crippen molar-refractivity contribution in [3.05, 3.63) is 177 Å². The van der Waals surface area contributed by atoms with Crippen LogP contribution in [0, 0.1) is 13.8 Å². The number of rotatable bonds is 26. The summed E-state index contributed by atoms with van der Waals surface area (Å²) in [5.41, 5.74) is 11.2. The molecule has 0 N–H and O–H groups in total. The summed E-state index contributed by atoms with van der Waals surface area (Å²) in [7, 11) is -7.30. The van der Waals surface area contributed by atoms with Gasteiger partial charge in [0.15, 0.2) is 19.7 Å². The fraction of sp³-hybridized carbons (Fsp3) is 0.429. The van der Waals surface area contributed by atoms with Gasteiger partial charge in [0.25, 0.3) is 0 Å². The van der Waals surface area contributed by atoms with E-state index in [-0.39, 0.29) is 0 Å². The topological polar surface area (TPSA) is 77.5 Å². The molecule has 3 rings (SSSR count). The molecular formula is C56H76O5S2. The molecule has 0 fully saturated rings. The Morgan fingerprint density at radius 1 is 0.476 bits per heavy atom. The molecule has 0 aliphatic carbocycles. The molecule has 0 aliphatic rings. The van der Waals surface area contributed by atoms with Crippen LogP contribution in [0.1, 0.15) is 136 Å². The largest absolute Gasteiger partial charge is 0.373 e. The van der Waals surface area contributed by atoms with Gasteiger partial charge in [0.2, 0.25) is 0 Å². The van der Waals surface area contributed by atoms with E-state index in [1.165, 1.54) is 16.7 Å². The molecule has 2 unspecified atom stereocenters. The summed E-state index contributed by atoms with van der Waals surface area (Å²) >= 11 is 0. The predicted molar refractivity (Wildman–Crippen MR) is 269 cm³/mol. The van der Waals surface area contributed by atoms with Crippen molar-refractivity contribution in [2.75, 3.05) is 6.61 Å². The maximum Gasteiger partial charge on any atom is 0.185 e. The Kier molecular flexibility index (Phi) is 22.8. The molecule has 3 aromatic carbocycles. The molecule has 63 heavy (non-hydrogen) atoms. The van der Waals surface area contributed by atoms with Crippen LogP contribution >= 0.6 is 0 Å². The van der Waals surface area contributed by atoms with Crippen LogP contribution in [0.5, 0.6) is 0 Å². The van der Waals surface area contributed by atoms with Crippen LogP contribution in [0.15, 0.2) is 170 Å². The first-order valence-corrected chi connectivity index (χ1v) is 25.8. The molecule has 7 heteroatoms. The van der Waals surface area contributed by atoms with Gasteiger partial charge >= 0.3 is 0 Å². The molecule has 0 heterocycles. The van der Waals surface area contributed by atoms with Crippen LogP contribution in [-0.2, 0) is 31.0 Å². The Hall–Kier alpha value is -4.30.